The Kier molecular flexibility index (Phi) is 8.48. The molecule has 5 aliphatic rings. The number of fused-ring (bicyclic) bond motifs is 5. The monoisotopic (exact) mass is 546 g/mol. The smallest absolute Gasteiger partial charge is 0.344 e. The molecule has 0 saturated heterocycles. The zero-order valence-corrected chi connectivity index (χ0v) is 25.0. The first-order chi connectivity index (χ1) is 18.5. The van der Waals surface area contributed by atoms with Crippen molar-refractivity contribution in [2.75, 3.05) is 6.61 Å². The van der Waals surface area contributed by atoms with Crippen LogP contribution >= 0.6 is 0 Å². The molecule has 0 aromatic carbocycles. The Hall–Kier alpha value is -1.14. The number of esters is 2. The maximum atomic E-state index is 12.6. The predicted molar refractivity (Wildman–Crippen MR) is 150 cm³/mol. The lowest BCUT2D eigenvalue weighted by atomic mass is 9.43. The van der Waals surface area contributed by atoms with Gasteiger partial charge in [-0.1, -0.05) is 27.7 Å². The Morgan fingerprint density at radius 2 is 1.67 bits per heavy atom. The van der Waals surface area contributed by atoms with E-state index in [1.807, 2.05) is 0 Å². The lowest BCUT2D eigenvalue weighted by Gasteiger charge is -2.62. The van der Waals surface area contributed by atoms with Gasteiger partial charge >= 0.3 is 11.9 Å². The maximum absolute atomic E-state index is 12.6. The number of ether oxygens (including phenoxy) is 2. The van der Waals surface area contributed by atoms with Crippen molar-refractivity contribution in [2.24, 2.45) is 46.3 Å². The van der Waals surface area contributed by atoms with E-state index in [-0.39, 0.29) is 41.2 Å². The van der Waals surface area contributed by atoms with Crippen molar-refractivity contribution >= 4 is 11.9 Å². The molecular weight excluding hydrogens is 492 g/mol. The van der Waals surface area contributed by atoms with E-state index in [9.17, 15) is 19.8 Å². The van der Waals surface area contributed by atoms with Gasteiger partial charge < -0.3 is 19.7 Å². The number of hydrogen-bond acceptors (Lipinski definition) is 6. The molecule has 5 saturated carbocycles. The van der Waals surface area contributed by atoms with Crippen molar-refractivity contribution in [1.82, 2.24) is 0 Å². The zero-order chi connectivity index (χ0) is 28.0. The van der Waals surface area contributed by atoms with Gasteiger partial charge in [0.15, 0.2) is 6.61 Å². The second-order valence-corrected chi connectivity index (χ2v) is 14.8. The fourth-order valence-electron chi connectivity index (χ4n) is 10.7. The summed E-state index contributed by atoms with van der Waals surface area (Å²) < 4.78 is 11.1. The molecule has 10 atom stereocenters. The van der Waals surface area contributed by atoms with E-state index < -0.39 is 5.97 Å². The maximum Gasteiger partial charge on any atom is 0.344 e. The first kappa shape index (κ1) is 29.4. The summed E-state index contributed by atoms with van der Waals surface area (Å²) in [5.41, 5.74) is -0.226. The van der Waals surface area contributed by atoms with Gasteiger partial charge in [0, 0.05) is 6.42 Å². The molecule has 6 nitrogen and oxygen atoms in total. The second kappa shape index (κ2) is 11.3. The molecule has 9 unspecified atom stereocenters. The molecule has 0 heterocycles. The Morgan fingerprint density at radius 3 is 2.38 bits per heavy atom. The number of carbonyl (C=O) groups excluding carboxylic acids is 2. The highest BCUT2D eigenvalue weighted by atomic mass is 16.6. The molecule has 5 rings (SSSR count). The van der Waals surface area contributed by atoms with Crippen molar-refractivity contribution in [3.63, 3.8) is 0 Å². The van der Waals surface area contributed by atoms with Crippen molar-refractivity contribution < 1.29 is 29.3 Å². The minimum Gasteiger partial charge on any atom is -0.457 e. The largest absolute Gasteiger partial charge is 0.457 e. The molecular formula is C33H54O6. The SMILES string of the molecule is CCC1(OC(=O)COC(=O)CCC(C)[C@H]2CCC3C4CCC5CC(O)CCC5(C)C4CC(O)C32C)CCCC1. The third kappa shape index (κ3) is 5.31. The highest BCUT2D eigenvalue weighted by Crippen LogP contribution is 2.68. The lowest BCUT2D eigenvalue weighted by molar-refractivity contribution is -0.175. The predicted octanol–water partition coefficient (Wildman–Crippen LogP) is 6.20. The van der Waals surface area contributed by atoms with Crippen LogP contribution in [0.2, 0.25) is 0 Å². The van der Waals surface area contributed by atoms with Crippen molar-refractivity contribution in [3.05, 3.63) is 0 Å². The van der Waals surface area contributed by atoms with Gasteiger partial charge in [0.2, 0.25) is 0 Å². The van der Waals surface area contributed by atoms with Crippen molar-refractivity contribution in [2.45, 2.75) is 142 Å². The first-order valence-electron chi connectivity index (χ1n) is 16.3. The summed E-state index contributed by atoms with van der Waals surface area (Å²) in [6.45, 7) is 8.80. The van der Waals surface area contributed by atoms with Crippen LogP contribution in [0.1, 0.15) is 124 Å². The molecule has 2 N–H and O–H groups in total. The molecule has 0 aromatic heterocycles. The fourth-order valence-corrected chi connectivity index (χ4v) is 10.7. The molecule has 0 aromatic rings. The molecule has 0 spiro atoms. The summed E-state index contributed by atoms with van der Waals surface area (Å²) in [5.74, 6) is 2.28. The third-order valence-corrected chi connectivity index (χ3v) is 13.1. The van der Waals surface area contributed by atoms with E-state index >= 15 is 0 Å². The first-order valence-corrected chi connectivity index (χ1v) is 16.3. The van der Waals surface area contributed by atoms with E-state index in [1.165, 1.54) is 19.3 Å². The van der Waals surface area contributed by atoms with Gasteiger partial charge in [0.25, 0.3) is 0 Å². The van der Waals surface area contributed by atoms with Crippen LogP contribution in [0.5, 0.6) is 0 Å². The third-order valence-electron chi connectivity index (χ3n) is 13.1. The molecule has 0 amide bonds. The van der Waals surface area contributed by atoms with Crippen LogP contribution in [0.15, 0.2) is 0 Å². The van der Waals surface area contributed by atoms with Gasteiger partial charge in [0.05, 0.1) is 12.2 Å². The minimum absolute atomic E-state index is 0.110. The number of aliphatic hydroxyl groups excluding tert-OH is 2. The van der Waals surface area contributed by atoms with Crippen LogP contribution in [0.4, 0.5) is 0 Å². The van der Waals surface area contributed by atoms with E-state index in [0.717, 1.165) is 70.6 Å². The highest BCUT2D eigenvalue weighted by Gasteiger charge is 2.63. The minimum atomic E-state index is -0.429. The summed E-state index contributed by atoms with van der Waals surface area (Å²) in [6.07, 6.45) is 13.9. The second-order valence-electron chi connectivity index (χ2n) is 14.8. The number of carbonyl (C=O) groups is 2. The van der Waals surface area contributed by atoms with E-state index in [4.69, 9.17) is 9.47 Å². The van der Waals surface area contributed by atoms with Gasteiger partial charge in [-0.2, -0.15) is 0 Å². The molecule has 0 radical (unpaired) electrons. The molecule has 5 fully saturated rings. The average Bonchev–Trinajstić information content (AvgIpc) is 3.52. The Bertz CT molecular complexity index is 897. The van der Waals surface area contributed by atoms with Crippen LogP contribution in [-0.4, -0.2) is 46.6 Å². The topological polar surface area (TPSA) is 93.1 Å². The number of aliphatic hydroxyl groups is 2. The summed E-state index contributed by atoms with van der Waals surface area (Å²) in [6, 6.07) is 0. The molecule has 6 heteroatoms. The molecule has 39 heavy (non-hydrogen) atoms. The fraction of sp³-hybridized carbons (Fsp3) is 0.939. The molecule has 0 aliphatic heterocycles. The lowest BCUT2D eigenvalue weighted by Crippen LogP contribution is -2.58. The van der Waals surface area contributed by atoms with Gasteiger partial charge in [0.1, 0.15) is 5.60 Å². The normalized spacial score (nSPS) is 43.6. The summed E-state index contributed by atoms with van der Waals surface area (Å²) >= 11 is 0. The van der Waals surface area contributed by atoms with E-state index in [1.54, 1.807) is 0 Å². The van der Waals surface area contributed by atoms with E-state index in [0.29, 0.717) is 41.9 Å². The van der Waals surface area contributed by atoms with Crippen LogP contribution < -0.4 is 0 Å². The molecule has 222 valence electrons. The van der Waals surface area contributed by atoms with Crippen LogP contribution in [-0.2, 0) is 19.1 Å². The van der Waals surface area contributed by atoms with Crippen molar-refractivity contribution in [1.29, 1.82) is 0 Å². The zero-order valence-electron chi connectivity index (χ0n) is 25.0. The van der Waals surface area contributed by atoms with Crippen LogP contribution in [0.25, 0.3) is 0 Å². The standard InChI is InChI=1S/C33H54O6/c1-5-33(15-6-7-16-33)39-30(37)20-38-29(36)13-8-21(2)25-11-12-26-24-10-9-22-18-23(34)14-17-31(22,3)27(24)19-28(35)32(25,26)4/h21-28,34-35H,5-20H2,1-4H3/t21?,22?,23?,24?,25-,26?,27?,28?,31?,32?/m1/s1. The summed E-state index contributed by atoms with van der Waals surface area (Å²) in [5, 5.41) is 22.1. The highest BCUT2D eigenvalue weighted by molar-refractivity contribution is 5.76. The molecule has 5 aliphatic carbocycles. The van der Waals surface area contributed by atoms with Crippen molar-refractivity contribution in [3.8, 4) is 0 Å². The molecule has 0 bridgehead atoms. The van der Waals surface area contributed by atoms with Gasteiger partial charge in [-0.05, 0) is 136 Å². The van der Waals surface area contributed by atoms with Gasteiger partial charge in [-0.15, -0.1) is 0 Å². The Morgan fingerprint density at radius 1 is 0.923 bits per heavy atom. The van der Waals surface area contributed by atoms with Crippen LogP contribution in [0.3, 0.4) is 0 Å². The average molecular weight is 547 g/mol. The van der Waals surface area contributed by atoms with Gasteiger partial charge in [-0.25, -0.2) is 4.79 Å². The summed E-state index contributed by atoms with van der Waals surface area (Å²) in [4.78, 5) is 24.9. The Balaban J connectivity index is 1.15. The van der Waals surface area contributed by atoms with Gasteiger partial charge in [-0.3, -0.25) is 4.79 Å². The number of rotatable bonds is 8. The van der Waals surface area contributed by atoms with Crippen LogP contribution in [0, 0.1) is 46.3 Å². The van der Waals surface area contributed by atoms with E-state index in [2.05, 4.69) is 27.7 Å². The number of hydrogen-bond donors (Lipinski definition) is 2. The summed E-state index contributed by atoms with van der Waals surface area (Å²) in [7, 11) is 0. The Labute approximate surface area is 236 Å². The quantitative estimate of drug-likeness (QED) is 0.352.